The number of epoxide rings is 1. The summed E-state index contributed by atoms with van der Waals surface area (Å²) in [5.41, 5.74) is 0. The van der Waals surface area contributed by atoms with Crippen molar-refractivity contribution in [1.29, 1.82) is 0 Å². The van der Waals surface area contributed by atoms with E-state index in [0.717, 1.165) is 19.1 Å². The van der Waals surface area contributed by atoms with E-state index in [-0.39, 0.29) is 12.4 Å². The summed E-state index contributed by atoms with van der Waals surface area (Å²) in [5.74, 6) is 0.991. The van der Waals surface area contributed by atoms with Gasteiger partial charge in [-0.3, -0.25) is 0 Å². The van der Waals surface area contributed by atoms with Crippen LogP contribution in [-0.4, -0.2) is 25.8 Å². The highest BCUT2D eigenvalue weighted by Gasteiger charge is 2.20. The van der Waals surface area contributed by atoms with Crippen molar-refractivity contribution < 1.29 is 4.74 Å². The van der Waals surface area contributed by atoms with Crippen LogP contribution in [0.15, 0.2) is 0 Å². The van der Waals surface area contributed by atoms with Crippen molar-refractivity contribution in [3.63, 3.8) is 0 Å². The SMILES string of the molecule is CCC(CC)CCCCCCCCCCCNCC1CO1.Cl. The predicted octanol–water partition coefficient (Wildman–Crippen LogP) is 5.73. The van der Waals surface area contributed by atoms with Gasteiger partial charge in [0.1, 0.15) is 0 Å². The van der Waals surface area contributed by atoms with E-state index in [4.69, 9.17) is 4.74 Å². The molecule has 1 rings (SSSR count). The van der Waals surface area contributed by atoms with Gasteiger partial charge in [-0.05, 0) is 18.9 Å². The van der Waals surface area contributed by atoms with Crippen LogP contribution in [0.25, 0.3) is 0 Å². The van der Waals surface area contributed by atoms with Crippen LogP contribution in [0, 0.1) is 5.92 Å². The van der Waals surface area contributed by atoms with Crippen LogP contribution in [0.3, 0.4) is 0 Å². The molecule has 22 heavy (non-hydrogen) atoms. The van der Waals surface area contributed by atoms with E-state index >= 15 is 0 Å². The monoisotopic (exact) mass is 333 g/mol. The van der Waals surface area contributed by atoms with E-state index in [1.54, 1.807) is 0 Å². The van der Waals surface area contributed by atoms with Crippen LogP contribution in [0.1, 0.15) is 90.9 Å². The zero-order valence-corrected chi connectivity index (χ0v) is 15.9. The van der Waals surface area contributed by atoms with Crippen molar-refractivity contribution in [2.24, 2.45) is 5.92 Å². The third kappa shape index (κ3) is 13.8. The van der Waals surface area contributed by atoms with E-state index in [0.29, 0.717) is 6.10 Å². The number of halogens is 1. The average Bonchev–Trinajstić information content (AvgIpc) is 3.32. The van der Waals surface area contributed by atoms with Crippen LogP contribution in [0.4, 0.5) is 0 Å². The van der Waals surface area contributed by atoms with Crippen LogP contribution in [0.2, 0.25) is 0 Å². The summed E-state index contributed by atoms with van der Waals surface area (Å²) in [7, 11) is 0. The smallest absolute Gasteiger partial charge is 0.0933 e. The Morgan fingerprint density at radius 1 is 0.864 bits per heavy atom. The molecule has 3 heteroatoms. The molecular formula is C19H40ClNO. The lowest BCUT2D eigenvalue weighted by molar-refractivity contribution is 0.395. The van der Waals surface area contributed by atoms with Crippen molar-refractivity contribution in [1.82, 2.24) is 5.32 Å². The second kappa shape index (κ2) is 16.1. The largest absolute Gasteiger partial charge is 0.372 e. The van der Waals surface area contributed by atoms with Gasteiger partial charge in [-0.1, -0.05) is 84.5 Å². The molecule has 0 bridgehead atoms. The van der Waals surface area contributed by atoms with E-state index in [9.17, 15) is 0 Å². The lowest BCUT2D eigenvalue weighted by Crippen LogP contribution is -2.20. The number of unbranched alkanes of at least 4 members (excludes halogenated alkanes) is 8. The van der Waals surface area contributed by atoms with Crippen molar-refractivity contribution in [2.75, 3.05) is 19.7 Å². The van der Waals surface area contributed by atoms with Crippen molar-refractivity contribution in [3.05, 3.63) is 0 Å². The molecule has 1 saturated heterocycles. The molecule has 1 atom stereocenters. The van der Waals surface area contributed by atoms with Crippen molar-refractivity contribution >= 4 is 12.4 Å². The fraction of sp³-hybridized carbons (Fsp3) is 1.00. The molecule has 134 valence electrons. The highest BCUT2D eigenvalue weighted by Crippen LogP contribution is 2.18. The molecule has 0 aromatic rings. The first-order chi connectivity index (χ1) is 10.4. The molecule has 1 unspecified atom stereocenters. The molecule has 1 fully saturated rings. The first kappa shape index (κ1) is 22.2. The highest BCUT2D eigenvalue weighted by atomic mass is 35.5. The third-order valence-electron chi connectivity index (χ3n) is 4.90. The number of nitrogens with one attached hydrogen (secondary N) is 1. The summed E-state index contributed by atoms with van der Waals surface area (Å²) in [4.78, 5) is 0. The fourth-order valence-electron chi connectivity index (χ4n) is 3.07. The average molecular weight is 334 g/mol. The molecule has 1 aliphatic heterocycles. The molecule has 0 saturated carbocycles. The maximum Gasteiger partial charge on any atom is 0.0933 e. The Morgan fingerprint density at radius 3 is 1.86 bits per heavy atom. The van der Waals surface area contributed by atoms with E-state index in [2.05, 4.69) is 19.2 Å². The predicted molar refractivity (Wildman–Crippen MR) is 100 cm³/mol. The molecular weight excluding hydrogens is 294 g/mol. The van der Waals surface area contributed by atoms with Gasteiger partial charge in [-0.2, -0.15) is 0 Å². The number of hydrogen-bond donors (Lipinski definition) is 1. The molecule has 0 spiro atoms. The molecule has 0 radical (unpaired) electrons. The van der Waals surface area contributed by atoms with Gasteiger partial charge >= 0.3 is 0 Å². The number of rotatable bonds is 16. The van der Waals surface area contributed by atoms with Gasteiger partial charge < -0.3 is 10.1 Å². The molecule has 0 aromatic heterocycles. The minimum atomic E-state index is 0. The van der Waals surface area contributed by atoms with Gasteiger partial charge in [0.05, 0.1) is 12.7 Å². The summed E-state index contributed by atoms with van der Waals surface area (Å²) in [6.45, 7) is 7.89. The van der Waals surface area contributed by atoms with Crippen LogP contribution in [0.5, 0.6) is 0 Å². The highest BCUT2D eigenvalue weighted by molar-refractivity contribution is 5.85. The zero-order chi connectivity index (χ0) is 15.2. The van der Waals surface area contributed by atoms with Crippen molar-refractivity contribution in [2.45, 2.75) is 97.0 Å². The summed E-state index contributed by atoms with van der Waals surface area (Å²) < 4.78 is 5.17. The number of hydrogen-bond acceptors (Lipinski definition) is 2. The second-order valence-corrected chi connectivity index (χ2v) is 6.81. The van der Waals surface area contributed by atoms with Gasteiger partial charge in [0.15, 0.2) is 0 Å². The Bertz CT molecular complexity index is 217. The minimum absolute atomic E-state index is 0. The van der Waals surface area contributed by atoms with E-state index in [1.165, 1.54) is 83.6 Å². The zero-order valence-electron chi connectivity index (χ0n) is 15.1. The summed E-state index contributed by atoms with van der Waals surface area (Å²) in [6.07, 6.45) is 17.6. The Balaban J connectivity index is 0.00000441. The standard InChI is InChI=1S/C19H39NO.ClH/c1-3-18(4-2)14-12-10-8-6-5-7-9-11-13-15-20-16-19-17-21-19;/h18-20H,3-17H2,1-2H3;1H. The first-order valence-corrected chi connectivity index (χ1v) is 9.69. The Labute approximate surface area is 145 Å². The molecule has 0 aliphatic carbocycles. The third-order valence-corrected chi connectivity index (χ3v) is 4.90. The van der Waals surface area contributed by atoms with Gasteiger partial charge in [-0.25, -0.2) is 0 Å². The summed E-state index contributed by atoms with van der Waals surface area (Å²) in [6, 6.07) is 0. The summed E-state index contributed by atoms with van der Waals surface area (Å²) in [5, 5.41) is 3.47. The maximum absolute atomic E-state index is 5.17. The van der Waals surface area contributed by atoms with Gasteiger partial charge in [0.25, 0.3) is 0 Å². The van der Waals surface area contributed by atoms with Gasteiger partial charge in [-0.15, -0.1) is 12.4 Å². The lowest BCUT2D eigenvalue weighted by atomic mass is 9.95. The molecule has 1 aliphatic rings. The molecule has 1 heterocycles. The van der Waals surface area contributed by atoms with E-state index < -0.39 is 0 Å². The summed E-state index contributed by atoms with van der Waals surface area (Å²) >= 11 is 0. The van der Waals surface area contributed by atoms with Crippen LogP contribution < -0.4 is 5.32 Å². The first-order valence-electron chi connectivity index (χ1n) is 9.69. The second-order valence-electron chi connectivity index (χ2n) is 6.81. The van der Waals surface area contributed by atoms with Crippen LogP contribution >= 0.6 is 12.4 Å². The quantitative estimate of drug-likeness (QED) is 0.288. The Morgan fingerprint density at radius 2 is 1.36 bits per heavy atom. The number of ether oxygens (including phenoxy) is 1. The minimum Gasteiger partial charge on any atom is -0.372 e. The molecule has 1 N–H and O–H groups in total. The molecule has 0 aromatic carbocycles. The fourth-order valence-corrected chi connectivity index (χ4v) is 3.07. The van der Waals surface area contributed by atoms with Crippen molar-refractivity contribution in [3.8, 4) is 0 Å². The maximum atomic E-state index is 5.17. The lowest BCUT2D eigenvalue weighted by Gasteiger charge is -2.11. The topological polar surface area (TPSA) is 24.6 Å². The Hall–Kier alpha value is 0.210. The molecule has 2 nitrogen and oxygen atoms in total. The normalized spacial score (nSPS) is 16.8. The molecule has 0 amide bonds. The van der Waals surface area contributed by atoms with E-state index in [1.807, 2.05) is 0 Å². The van der Waals surface area contributed by atoms with Crippen LogP contribution in [-0.2, 0) is 4.74 Å². The Kier molecular flexibility index (Phi) is 16.2. The van der Waals surface area contributed by atoms with Gasteiger partial charge in [0.2, 0.25) is 0 Å². The van der Waals surface area contributed by atoms with Gasteiger partial charge in [0, 0.05) is 6.54 Å².